The number of hydrogen-bond acceptors (Lipinski definition) is 1. The molecule has 0 unspecified atom stereocenters. The van der Waals surface area contributed by atoms with E-state index in [1.165, 1.54) is 56.3 Å². The summed E-state index contributed by atoms with van der Waals surface area (Å²) in [5, 5.41) is 1.14. The van der Waals surface area contributed by atoms with Gasteiger partial charge in [0.15, 0.2) is 0 Å². The molecule has 0 spiro atoms. The van der Waals surface area contributed by atoms with Gasteiger partial charge >= 0.3 is 0 Å². The first kappa shape index (κ1) is 15.9. The van der Waals surface area contributed by atoms with Gasteiger partial charge in [0.2, 0.25) is 0 Å². The molecule has 2 heteroatoms. The molecule has 0 aromatic heterocycles. The van der Waals surface area contributed by atoms with Gasteiger partial charge in [-0.25, -0.2) is 0 Å². The number of rotatable bonds is 5. The van der Waals surface area contributed by atoms with Crippen LogP contribution in [-0.2, 0) is 0 Å². The molecule has 1 aromatic carbocycles. The number of halogens is 1. The van der Waals surface area contributed by atoms with E-state index < -0.39 is 0 Å². The SMILES string of the molecule is CCN(CC1(CBr)CCCCCC1)c1ccccc1C. The lowest BCUT2D eigenvalue weighted by atomic mass is 9.81. The van der Waals surface area contributed by atoms with Gasteiger partial charge in [-0.3, -0.25) is 0 Å². The van der Waals surface area contributed by atoms with E-state index in [0.717, 1.165) is 11.9 Å². The zero-order valence-electron chi connectivity index (χ0n) is 13.0. The standard InChI is InChI=1S/C18H28BrN/c1-3-20(17-11-7-6-10-16(17)2)15-18(14-19)12-8-4-5-9-13-18/h6-7,10-11H,3-5,8-9,12-15H2,1-2H3. The molecule has 1 nitrogen and oxygen atoms in total. The first-order chi connectivity index (χ1) is 9.71. The Balaban J connectivity index is 2.17. The lowest BCUT2D eigenvalue weighted by Crippen LogP contribution is -2.39. The van der Waals surface area contributed by atoms with Crippen LogP contribution in [-0.4, -0.2) is 18.4 Å². The molecule has 2 rings (SSSR count). The molecule has 1 saturated carbocycles. The maximum absolute atomic E-state index is 3.82. The van der Waals surface area contributed by atoms with Crippen molar-refractivity contribution in [3.05, 3.63) is 29.8 Å². The molecule has 1 fully saturated rings. The van der Waals surface area contributed by atoms with E-state index in [-0.39, 0.29) is 0 Å². The molecule has 0 heterocycles. The van der Waals surface area contributed by atoms with E-state index in [1.807, 2.05) is 0 Å². The highest BCUT2D eigenvalue weighted by Crippen LogP contribution is 2.38. The van der Waals surface area contributed by atoms with Crippen LogP contribution < -0.4 is 4.90 Å². The average molecular weight is 338 g/mol. The van der Waals surface area contributed by atoms with Crippen LogP contribution in [0.15, 0.2) is 24.3 Å². The molecule has 112 valence electrons. The minimum atomic E-state index is 0.467. The van der Waals surface area contributed by atoms with E-state index >= 15 is 0 Å². The summed E-state index contributed by atoms with van der Waals surface area (Å²) in [6, 6.07) is 8.81. The molecule has 0 aliphatic heterocycles. The van der Waals surface area contributed by atoms with Gasteiger partial charge in [-0.1, -0.05) is 59.8 Å². The van der Waals surface area contributed by atoms with Crippen molar-refractivity contribution in [1.82, 2.24) is 0 Å². The number of nitrogens with zero attached hydrogens (tertiary/aromatic N) is 1. The number of benzene rings is 1. The molecule has 0 atom stereocenters. The quantitative estimate of drug-likeness (QED) is 0.502. The highest BCUT2D eigenvalue weighted by atomic mass is 79.9. The smallest absolute Gasteiger partial charge is 0.0396 e. The van der Waals surface area contributed by atoms with E-state index in [4.69, 9.17) is 0 Å². The van der Waals surface area contributed by atoms with Crippen molar-refractivity contribution < 1.29 is 0 Å². The fraction of sp³-hybridized carbons (Fsp3) is 0.667. The van der Waals surface area contributed by atoms with Gasteiger partial charge in [-0.2, -0.15) is 0 Å². The van der Waals surface area contributed by atoms with Crippen molar-refractivity contribution >= 4 is 21.6 Å². The summed E-state index contributed by atoms with van der Waals surface area (Å²) < 4.78 is 0. The van der Waals surface area contributed by atoms with Crippen molar-refractivity contribution in [2.24, 2.45) is 5.41 Å². The monoisotopic (exact) mass is 337 g/mol. The number of anilines is 1. The van der Waals surface area contributed by atoms with Crippen molar-refractivity contribution in [3.63, 3.8) is 0 Å². The maximum atomic E-state index is 3.82. The first-order valence-electron chi connectivity index (χ1n) is 8.07. The maximum Gasteiger partial charge on any atom is 0.0396 e. The van der Waals surface area contributed by atoms with Crippen LogP contribution in [0, 0.1) is 12.3 Å². The molecule has 20 heavy (non-hydrogen) atoms. The van der Waals surface area contributed by atoms with Crippen LogP contribution in [0.25, 0.3) is 0 Å². The van der Waals surface area contributed by atoms with Gasteiger partial charge in [0.25, 0.3) is 0 Å². The fourth-order valence-electron chi connectivity index (χ4n) is 3.50. The van der Waals surface area contributed by atoms with Crippen LogP contribution in [0.2, 0.25) is 0 Å². The largest absolute Gasteiger partial charge is 0.371 e. The number of para-hydroxylation sites is 1. The second-order valence-electron chi connectivity index (χ2n) is 6.35. The van der Waals surface area contributed by atoms with Crippen LogP contribution in [0.4, 0.5) is 5.69 Å². The van der Waals surface area contributed by atoms with Gasteiger partial charge < -0.3 is 4.90 Å². The Morgan fingerprint density at radius 3 is 2.30 bits per heavy atom. The minimum Gasteiger partial charge on any atom is -0.371 e. The number of aryl methyl sites for hydroxylation is 1. The Morgan fingerprint density at radius 1 is 1.10 bits per heavy atom. The van der Waals surface area contributed by atoms with Crippen molar-refractivity contribution in [3.8, 4) is 0 Å². The van der Waals surface area contributed by atoms with E-state index in [9.17, 15) is 0 Å². The Labute approximate surface area is 132 Å². The normalized spacial score (nSPS) is 18.6. The molecule has 0 saturated heterocycles. The third-order valence-corrected chi connectivity index (χ3v) is 6.00. The Kier molecular flexibility index (Phi) is 5.95. The van der Waals surface area contributed by atoms with Crippen molar-refractivity contribution in [2.75, 3.05) is 23.3 Å². The van der Waals surface area contributed by atoms with Gasteiger partial charge in [0.1, 0.15) is 0 Å². The second kappa shape index (κ2) is 7.49. The zero-order chi connectivity index (χ0) is 14.4. The highest BCUT2D eigenvalue weighted by Gasteiger charge is 2.32. The van der Waals surface area contributed by atoms with Gasteiger partial charge in [0.05, 0.1) is 0 Å². The lowest BCUT2D eigenvalue weighted by Gasteiger charge is -2.38. The molecular weight excluding hydrogens is 310 g/mol. The molecule has 0 bridgehead atoms. The van der Waals surface area contributed by atoms with Crippen molar-refractivity contribution in [2.45, 2.75) is 52.4 Å². The molecule has 0 radical (unpaired) electrons. The summed E-state index contributed by atoms with van der Waals surface area (Å²) in [6.45, 7) is 6.80. The second-order valence-corrected chi connectivity index (χ2v) is 6.91. The molecule has 1 aliphatic carbocycles. The van der Waals surface area contributed by atoms with Crippen LogP contribution in [0.1, 0.15) is 51.0 Å². The summed E-state index contributed by atoms with van der Waals surface area (Å²) in [5.74, 6) is 0. The third kappa shape index (κ3) is 3.78. The zero-order valence-corrected chi connectivity index (χ0v) is 14.6. The van der Waals surface area contributed by atoms with Gasteiger partial charge in [-0.15, -0.1) is 0 Å². The van der Waals surface area contributed by atoms with E-state index in [2.05, 4.69) is 58.9 Å². The van der Waals surface area contributed by atoms with Crippen LogP contribution in [0.3, 0.4) is 0 Å². The third-order valence-electron chi connectivity index (χ3n) is 4.81. The minimum absolute atomic E-state index is 0.467. The first-order valence-corrected chi connectivity index (χ1v) is 9.19. The van der Waals surface area contributed by atoms with Gasteiger partial charge in [-0.05, 0) is 43.7 Å². The summed E-state index contributed by atoms with van der Waals surface area (Å²) in [6.07, 6.45) is 8.39. The predicted molar refractivity (Wildman–Crippen MR) is 93.0 cm³/mol. The number of alkyl halides is 1. The Bertz CT molecular complexity index is 408. The van der Waals surface area contributed by atoms with Crippen LogP contribution in [0.5, 0.6) is 0 Å². The predicted octanol–water partition coefficient (Wildman–Crippen LogP) is 5.56. The molecule has 1 aliphatic rings. The summed E-state index contributed by atoms with van der Waals surface area (Å²) in [7, 11) is 0. The fourth-order valence-corrected chi connectivity index (χ4v) is 4.24. The average Bonchev–Trinajstić information content (AvgIpc) is 2.72. The Hall–Kier alpha value is -0.500. The molecule has 0 N–H and O–H groups in total. The van der Waals surface area contributed by atoms with Gasteiger partial charge in [0, 0.05) is 24.1 Å². The summed E-state index contributed by atoms with van der Waals surface area (Å²) in [5.41, 5.74) is 3.28. The summed E-state index contributed by atoms with van der Waals surface area (Å²) in [4.78, 5) is 2.59. The highest BCUT2D eigenvalue weighted by molar-refractivity contribution is 9.09. The molecule has 1 aromatic rings. The van der Waals surface area contributed by atoms with Crippen LogP contribution >= 0.6 is 15.9 Å². The van der Waals surface area contributed by atoms with E-state index in [1.54, 1.807) is 0 Å². The lowest BCUT2D eigenvalue weighted by molar-refractivity contribution is 0.292. The molecular formula is C18H28BrN. The van der Waals surface area contributed by atoms with E-state index in [0.29, 0.717) is 5.41 Å². The number of hydrogen-bond donors (Lipinski definition) is 0. The Morgan fingerprint density at radius 2 is 1.75 bits per heavy atom. The topological polar surface area (TPSA) is 3.24 Å². The summed E-state index contributed by atoms with van der Waals surface area (Å²) >= 11 is 3.82. The van der Waals surface area contributed by atoms with Crippen molar-refractivity contribution in [1.29, 1.82) is 0 Å². The molecule has 0 amide bonds.